The monoisotopic (exact) mass is 404 g/mol. The van der Waals surface area contributed by atoms with Gasteiger partial charge in [0.25, 0.3) is 0 Å². The molecule has 1 N–H and O–H groups in total. The Labute approximate surface area is 176 Å². The molecule has 0 aromatic carbocycles. The highest BCUT2D eigenvalue weighted by Crippen LogP contribution is 2.68. The zero-order valence-electron chi connectivity index (χ0n) is 18.8. The number of aliphatic hydroxyl groups excluding tert-OH is 1. The summed E-state index contributed by atoms with van der Waals surface area (Å²) in [7, 11) is 1.48. The summed E-state index contributed by atoms with van der Waals surface area (Å²) in [5.74, 6) is 3.76. The lowest BCUT2D eigenvalue weighted by molar-refractivity contribution is -0.171. The Morgan fingerprint density at radius 3 is 2.62 bits per heavy atom. The van der Waals surface area contributed by atoms with Gasteiger partial charge in [0.1, 0.15) is 5.78 Å². The smallest absolute Gasteiger partial charge is 0.305 e. The van der Waals surface area contributed by atoms with Crippen molar-refractivity contribution in [3.8, 4) is 0 Å². The number of ketones is 1. The molecule has 4 heteroatoms. The van der Waals surface area contributed by atoms with Crippen molar-refractivity contribution in [2.75, 3.05) is 7.11 Å². The highest BCUT2D eigenvalue weighted by atomic mass is 16.5. The number of fused-ring (bicyclic) bond motifs is 5. The summed E-state index contributed by atoms with van der Waals surface area (Å²) >= 11 is 0. The van der Waals surface area contributed by atoms with Gasteiger partial charge in [0.15, 0.2) is 0 Å². The van der Waals surface area contributed by atoms with Crippen molar-refractivity contribution in [3.05, 3.63) is 0 Å². The maximum absolute atomic E-state index is 12.1. The molecule has 0 aliphatic heterocycles. The van der Waals surface area contributed by atoms with Crippen LogP contribution in [0.25, 0.3) is 0 Å². The van der Waals surface area contributed by atoms with Crippen LogP contribution in [-0.2, 0) is 14.3 Å². The minimum Gasteiger partial charge on any atom is -0.469 e. The van der Waals surface area contributed by atoms with Gasteiger partial charge in [-0.3, -0.25) is 9.59 Å². The van der Waals surface area contributed by atoms with Crippen molar-refractivity contribution in [1.29, 1.82) is 0 Å². The third-order valence-electron chi connectivity index (χ3n) is 10.4. The number of carbonyl (C=O) groups is 2. The third kappa shape index (κ3) is 3.28. The molecule has 4 rings (SSSR count). The van der Waals surface area contributed by atoms with Crippen molar-refractivity contribution in [1.82, 2.24) is 0 Å². The molecular weight excluding hydrogens is 364 g/mol. The SMILES string of the molecule is COC(=O)CC[C@@H](C)[C@H]1CC[C@H]2[C@@H]3CC[C@@H]4CC(=O)C[C@@H](O)[C@]4(C)[C@H]3CC[C@]12C. The van der Waals surface area contributed by atoms with Crippen LogP contribution in [0.2, 0.25) is 0 Å². The van der Waals surface area contributed by atoms with Gasteiger partial charge in [-0.2, -0.15) is 0 Å². The summed E-state index contributed by atoms with van der Waals surface area (Å²) in [5.41, 5.74) is 0.280. The van der Waals surface area contributed by atoms with Crippen LogP contribution in [0.3, 0.4) is 0 Å². The number of methoxy groups -OCH3 is 1. The topological polar surface area (TPSA) is 63.6 Å². The molecule has 4 nitrogen and oxygen atoms in total. The lowest BCUT2D eigenvalue weighted by Gasteiger charge is -2.61. The van der Waals surface area contributed by atoms with Crippen molar-refractivity contribution in [2.45, 2.75) is 91.1 Å². The molecule has 0 spiro atoms. The molecule has 4 fully saturated rings. The van der Waals surface area contributed by atoms with Crippen LogP contribution in [0.4, 0.5) is 0 Å². The molecule has 0 aromatic heterocycles. The number of aliphatic hydroxyl groups is 1. The van der Waals surface area contributed by atoms with Gasteiger partial charge in [-0.25, -0.2) is 0 Å². The molecule has 4 saturated carbocycles. The van der Waals surface area contributed by atoms with Crippen LogP contribution in [0.1, 0.15) is 85.0 Å². The Morgan fingerprint density at radius 1 is 1.14 bits per heavy atom. The summed E-state index contributed by atoms with van der Waals surface area (Å²) in [5, 5.41) is 11.0. The van der Waals surface area contributed by atoms with Crippen LogP contribution < -0.4 is 0 Å². The summed E-state index contributed by atoms with van der Waals surface area (Å²) in [4.78, 5) is 23.8. The molecular formula is C25H40O4. The van der Waals surface area contributed by atoms with E-state index in [1.54, 1.807) is 0 Å². The first kappa shape index (κ1) is 21.3. The lowest BCUT2D eigenvalue weighted by atomic mass is 9.44. The van der Waals surface area contributed by atoms with E-state index in [1.807, 2.05) is 0 Å². The van der Waals surface area contributed by atoms with Crippen molar-refractivity contribution in [2.24, 2.45) is 46.3 Å². The zero-order chi connectivity index (χ0) is 21.0. The van der Waals surface area contributed by atoms with Gasteiger partial charge in [0.2, 0.25) is 0 Å². The number of Topliss-reactive ketones (excluding diaryl/α,β-unsaturated/α-hetero) is 1. The van der Waals surface area contributed by atoms with Gasteiger partial charge in [-0.05, 0) is 85.9 Å². The van der Waals surface area contributed by atoms with Crippen molar-refractivity contribution >= 4 is 11.8 Å². The Hall–Kier alpha value is -0.900. The van der Waals surface area contributed by atoms with E-state index in [9.17, 15) is 14.7 Å². The molecule has 0 amide bonds. The largest absolute Gasteiger partial charge is 0.469 e. The summed E-state index contributed by atoms with van der Waals surface area (Å²) in [6, 6.07) is 0. The standard InChI is InChI=1S/C25H40O4/c1-15(5-10-23(28)29-4)19-8-9-20-18-7-6-16-13-17(26)14-22(27)25(16,3)21(18)11-12-24(19,20)2/h15-16,18-22,27H,5-14H2,1-4H3/t15-,16-,18+,19-,20+,21+,22-,24-,25+/m1/s1. The normalized spacial score (nSPS) is 47.7. The second kappa shape index (κ2) is 7.66. The van der Waals surface area contributed by atoms with E-state index in [4.69, 9.17) is 4.74 Å². The van der Waals surface area contributed by atoms with E-state index in [-0.39, 0.29) is 17.2 Å². The molecule has 4 aliphatic rings. The molecule has 0 bridgehead atoms. The van der Waals surface area contributed by atoms with E-state index in [0.29, 0.717) is 54.3 Å². The summed E-state index contributed by atoms with van der Waals surface area (Å²) < 4.78 is 4.86. The van der Waals surface area contributed by atoms with Gasteiger partial charge in [-0.15, -0.1) is 0 Å². The van der Waals surface area contributed by atoms with Crippen LogP contribution in [0.15, 0.2) is 0 Å². The van der Waals surface area contributed by atoms with Gasteiger partial charge < -0.3 is 9.84 Å². The number of hydrogen-bond acceptors (Lipinski definition) is 4. The average Bonchev–Trinajstić information content (AvgIpc) is 3.04. The molecule has 9 atom stereocenters. The number of rotatable bonds is 4. The first-order valence-electron chi connectivity index (χ1n) is 12.0. The number of ether oxygens (including phenoxy) is 1. The van der Waals surface area contributed by atoms with Gasteiger partial charge in [-0.1, -0.05) is 20.8 Å². The van der Waals surface area contributed by atoms with E-state index in [0.717, 1.165) is 18.8 Å². The Kier molecular flexibility index (Phi) is 5.63. The average molecular weight is 405 g/mol. The second-order valence-electron chi connectivity index (χ2n) is 11.3. The van der Waals surface area contributed by atoms with E-state index < -0.39 is 6.10 Å². The first-order chi connectivity index (χ1) is 13.7. The highest BCUT2D eigenvalue weighted by Gasteiger charge is 2.62. The Morgan fingerprint density at radius 2 is 1.90 bits per heavy atom. The fourth-order valence-corrected chi connectivity index (χ4v) is 8.73. The quantitative estimate of drug-likeness (QED) is 0.685. The minimum absolute atomic E-state index is 0.0766. The van der Waals surface area contributed by atoms with E-state index >= 15 is 0 Å². The molecule has 4 aliphatic carbocycles. The highest BCUT2D eigenvalue weighted by molar-refractivity contribution is 5.80. The summed E-state index contributed by atoms with van der Waals surface area (Å²) in [6.07, 6.45) is 9.37. The fourth-order valence-electron chi connectivity index (χ4n) is 8.73. The molecule has 0 heterocycles. The molecule has 0 radical (unpaired) electrons. The lowest BCUT2D eigenvalue weighted by Crippen LogP contribution is -2.58. The Bertz CT molecular complexity index is 659. The molecule has 29 heavy (non-hydrogen) atoms. The van der Waals surface area contributed by atoms with Gasteiger partial charge in [0.05, 0.1) is 13.2 Å². The number of hydrogen-bond donors (Lipinski definition) is 1. The van der Waals surface area contributed by atoms with Crippen molar-refractivity contribution < 1.29 is 19.4 Å². The van der Waals surface area contributed by atoms with Crippen LogP contribution in [-0.4, -0.2) is 30.1 Å². The maximum atomic E-state index is 12.1. The van der Waals surface area contributed by atoms with Gasteiger partial charge in [0, 0.05) is 24.7 Å². The van der Waals surface area contributed by atoms with E-state index in [1.165, 1.54) is 39.2 Å². The fraction of sp³-hybridized carbons (Fsp3) is 0.920. The molecule has 164 valence electrons. The number of carbonyl (C=O) groups excluding carboxylic acids is 2. The predicted octanol–water partition coefficient (Wildman–Crippen LogP) is 4.77. The Balaban J connectivity index is 1.52. The molecule has 0 aromatic rings. The first-order valence-corrected chi connectivity index (χ1v) is 12.0. The van der Waals surface area contributed by atoms with Crippen LogP contribution in [0, 0.1) is 46.3 Å². The van der Waals surface area contributed by atoms with E-state index in [2.05, 4.69) is 20.8 Å². The maximum Gasteiger partial charge on any atom is 0.305 e. The van der Waals surface area contributed by atoms with Crippen LogP contribution in [0.5, 0.6) is 0 Å². The predicted molar refractivity (Wildman–Crippen MR) is 112 cm³/mol. The van der Waals surface area contributed by atoms with Gasteiger partial charge >= 0.3 is 5.97 Å². The minimum atomic E-state index is -0.456. The van der Waals surface area contributed by atoms with Crippen LogP contribution >= 0.6 is 0 Å². The molecule has 0 saturated heterocycles. The number of esters is 1. The zero-order valence-corrected chi connectivity index (χ0v) is 18.8. The van der Waals surface area contributed by atoms with Crippen molar-refractivity contribution in [3.63, 3.8) is 0 Å². The second-order valence-corrected chi connectivity index (χ2v) is 11.3. The third-order valence-corrected chi connectivity index (χ3v) is 10.4. The summed E-state index contributed by atoms with van der Waals surface area (Å²) in [6.45, 7) is 7.16. The molecule has 0 unspecified atom stereocenters.